The highest BCUT2D eigenvalue weighted by Crippen LogP contribution is 2.36. The maximum atomic E-state index is 12.9. The molecule has 1 aliphatic rings. The molecule has 20 heavy (non-hydrogen) atoms. The molecular weight excluding hydrogens is 277 g/mol. The van der Waals surface area contributed by atoms with E-state index in [-0.39, 0.29) is 5.82 Å². The summed E-state index contributed by atoms with van der Waals surface area (Å²) in [6.07, 6.45) is -0.628. The highest BCUT2D eigenvalue weighted by atomic mass is 32.2. The molecule has 1 heterocycles. The first-order chi connectivity index (χ1) is 9.72. The molecule has 0 aromatic heterocycles. The molecule has 3 rings (SSSR count). The van der Waals surface area contributed by atoms with Crippen LogP contribution in [0.3, 0.4) is 0 Å². The smallest absolute Gasteiger partial charge is 0.428 e. The Morgan fingerprint density at radius 2 is 1.75 bits per heavy atom. The Bertz CT molecular complexity index is 655. The second-order valence-electron chi connectivity index (χ2n) is 4.17. The maximum absolute atomic E-state index is 12.9. The number of thioether (sulfide) groups is 1. The average Bonchev–Trinajstić information content (AvgIpc) is 2.48. The Balaban J connectivity index is 1.89. The highest BCUT2D eigenvalue weighted by Gasteiger charge is 2.26. The summed E-state index contributed by atoms with van der Waals surface area (Å²) in [5.74, 6) is -0.322. The molecule has 0 saturated heterocycles. The van der Waals surface area contributed by atoms with Crippen LogP contribution >= 0.6 is 11.8 Å². The predicted octanol–water partition coefficient (Wildman–Crippen LogP) is 4.15. The SMILES string of the molecule is O=C1N=C(c2ccc(F)cc2)SC(c2ccccc2)O1. The lowest BCUT2D eigenvalue weighted by molar-refractivity contribution is 0.146. The molecule has 0 radical (unpaired) electrons. The number of rotatable bonds is 2. The highest BCUT2D eigenvalue weighted by molar-refractivity contribution is 8.14. The van der Waals surface area contributed by atoms with E-state index in [4.69, 9.17) is 4.74 Å². The summed E-state index contributed by atoms with van der Waals surface area (Å²) in [6.45, 7) is 0. The zero-order chi connectivity index (χ0) is 13.9. The van der Waals surface area contributed by atoms with Gasteiger partial charge in [-0.05, 0) is 24.3 Å². The van der Waals surface area contributed by atoms with E-state index >= 15 is 0 Å². The quantitative estimate of drug-likeness (QED) is 0.832. The number of cyclic esters (lactones) is 1. The molecule has 0 spiro atoms. The minimum absolute atomic E-state index is 0.322. The lowest BCUT2D eigenvalue weighted by Gasteiger charge is -2.21. The summed E-state index contributed by atoms with van der Waals surface area (Å²) < 4.78 is 18.1. The Hall–Kier alpha value is -2.14. The van der Waals surface area contributed by atoms with Crippen molar-refractivity contribution < 1.29 is 13.9 Å². The molecule has 2 aromatic rings. The van der Waals surface area contributed by atoms with Crippen molar-refractivity contribution in [1.29, 1.82) is 0 Å². The average molecular weight is 287 g/mol. The van der Waals surface area contributed by atoms with Crippen molar-refractivity contribution in [3.8, 4) is 0 Å². The molecule has 0 saturated carbocycles. The van der Waals surface area contributed by atoms with Crippen LogP contribution < -0.4 is 0 Å². The molecule has 5 heteroatoms. The fourth-order valence-corrected chi connectivity index (χ4v) is 2.85. The van der Waals surface area contributed by atoms with Crippen molar-refractivity contribution in [3.05, 3.63) is 71.5 Å². The van der Waals surface area contributed by atoms with Gasteiger partial charge in [0.2, 0.25) is 0 Å². The Morgan fingerprint density at radius 1 is 1.05 bits per heavy atom. The molecule has 0 aliphatic carbocycles. The second kappa shape index (κ2) is 5.46. The number of hydrogen-bond acceptors (Lipinski definition) is 3. The van der Waals surface area contributed by atoms with Crippen molar-refractivity contribution >= 4 is 22.9 Å². The first-order valence-corrected chi connectivity index (χ1v) is 6.87. The van der Waals surface area contributed by atoms with Gasteiger partial charge < -0.3 is 4.74 Å². The van der Waals surface area contributed by atoms with Gasteiger partial charge in [0, 0.05) is 11.1 Å². The van der Waals surface area contributed by atoms with Crippen molar-refractivity contribution in [2.24, 2.45) is 4.99 Å². The summed E-state index contributed by atoms with van der Waals surface area (Å²) in [5, 5.41) is 0.537. The van der Waals surface area contributed by atoms with Gasteiger partial charge in [0.1, 0.15) is 10.9 Å². The van der Waals surface area contributed by atoms with E-state index in [0.29, 0.717) is 10.6 Å². The van der Waals surface area contributed by atoms with E-state index in [1.807, 2.05) is 30.3 Å². The molecule has 2 aromatic carbocycles. The molecule has 0 bridgehead atoms. The lowest BCUT2D eigenvalue weighted by Crippen LogP contribution is -2.16. The van der Waals surface area contributed by atoms with Crippen molar-refractivity contribution in [2.45, 2.75) is 5.44 Å². The van der Waals surface area contributed by atoms with Gasteiger partial charge in [-0.3, -0.25) is 0 Å². The number of halogens is 1. The Morgan fingerprint density at radius 3 is 2.45 bits per heavy atom. The van der Waals surface area contributed by atoms with Gasteiger partial charge >= 0.3 is 6.09 Å². The van der Waals surface area contributed by atoms with Crippen LogP contribution in [0, 0.1) is 5.82 Å². The monoisotopic (exact) mass is 287 g/mol. The van der Waals surface area contributed by atoms with Crippen LogP contribution in [0.4, 0.5) is 9.18 Å². The number of benzene rings is 2. The minimum Gasteiger partial charge on any atom is -0.428 e. The van der Waals surface area contributed by atoms with Crippen LogP contribution in [0.5, 0.6) is 0 Å². The summed E-state index contributed by atoms with van der Waals surface area (Å²) in [5.41, 5.74) is 1.16. The van der Waals surface area contributed by atoms with E-state index in [1.54, 1.807) is 12.1 Å². The van der Waals surface area contributed by atoms with Crippen LogP contribution in [-0.4, -0.2) is 11.1 Å². The fourth-order valence-electron chi connectivity index (χ4n) is 1.82. The van der Waals surface area contributed by atoms with Crippen LogP contribution in [0.2, 0.25) is 0 Å². The Kier molecular flexibility index (Phi) is 3.52. The van der Waals surface area contributed by atoms with Crippen molar-refractivity contribution in [1.82, 2.24) is 0 Å². The third kappa shape index (κ3) is 2.72. The van der Waals surface area contributed by atoms with Crippen LogP contribution in [0.25, 0.3) is 0 Å². The van der Waals surface area contributed by atoms with Gasteiger partial charge in [-0.25, -0.2) is 9.18 Å². The first-order valence-electron chi connectivity index (χ1n) is 5.99. The second-order valence-corrected chi connectivity index (χ2v) is 5.22. The van der Waals surface area contributed by atoms with Crippen LogP contribution in [-0.2, 0) is 4.74 Å². The summed E-state index contributed by atoms with van der Waals surface area (Å²) >= 11 is 1.33. The van der Waals surface area contributed by atoms with Gasteiger partial charge in [0.15, 0.2) is 5.44 Å². The maximum Gasteiger partial charge on any atom is 0.436 e. The third-order valence-corrected chi connectivity index (χ3v) is 3.91. The van der Waals surface area contributed by atoms with Gasteiger partial charge in [-0.1, -0.05) is 42.1 Å². The third-order valence-electron chi connectivity index (χ3n) is 2.78. The summed E-state index contributed by atoms with van der Waals surface area (Å²) in [7, 11) is 0. The molecule has 0 N–H and O–H groups in total. The number of carbonyl (C=O) groups excluding carboxylic acids is 1. The number of aliphatic imine (C=N–C) groups is 1. The van der Waals surface area contributed by atoms with E-state index in [2.05, 4.69) is 4.99 Å². The molecule has 3 nitrogen and oxygen atoms in total. The normalized spacial score (nSPS) is 18.4. The fraction of sp³-hybridized carbons (Fsp3) is 0.0667. The van der Waals surface area contributed by atoms with Gasteiger partial charge in [0.05, 0.1) is 0 Å². The lowest BCUT2D eigenvalue weighted by atomic mass is 10.2. The van der Waals surface area contributed by atoms with E-state index < -0.39 is 11.5 Å². The molecule has 100 valence electrons. The molecule has 1 atom stereocenters. The summed E-state index contributed by atoms with van der Waals surface area (Å²) in [4.78, 5) is 15.5. The zero-order valence-corrected chi connectivity index (χ0v) is 11.1. The number of carbonyl (C=O) groups is 1. The van der Waals surface area contributed by atoms with Crippen molar-refractivity contribution in [2.75, 3.05) is 0 Å². The Labute approximate surface area is 119 Å². The number of amides is 1. The minimum atomic E-state index is -0.628. The van der Waals surface area contributed by atoms with E-state index in [0.717, 1.165) is 5.56 Å². The first kappa shape index (κ1) is 12.9. The van der Waals surface area contributed by atoms with Gasteiger partial charge in [-0.2, -0.15) is 4.99 Å². The molecule has 1 unspecified atom stereocenters. The molecule has 1 amide bonds. The number of hydrogen-bond donors (Lipinski definition) is 0. The number of ether oxygens (including phenoxy) is 1. The van der Waals surface area contributed by atoms with E-state index in [9.17, 15) is 9.18 Å². The number of nitrogens with zero attached hydrogens (tertiary/aromatic N) is 1. The standard InChI is InChI=1S/C15H10FNO2S/c16-12-8-6-10(7-9-12)13-17-15(18)19-14(20-13)11-4-2-1-3-5-11/h1-9,14H. The topological polar surface area (TPSA) is 38.7 Å². The van der Waals surface area contributed by atoms with Gasteiger partial charge in [0.25, 0.3) is 0 Å². The summed E-state index contributed by atoms with van der Waals surface area (Å²) in [6, 6.07) is 15.3. The molecule has 1 aliphatic heterocycles. The van der Waals surface area contributed by atoms with E-state index in [1.165, 1.54) is 23.9 Å². The zero-order valence-electron chi connectivity index (χ0n) is 10.3. The largest absolute Gasteiger partial charge is 0.436 e. The van der Waals surface area contributed by atoms with Crippen LogP contribution in [0.15, 0.2) is 59.6 Å². The van der Waals surface area contributed by atoms with Gasteiger partial charge in [-0.15, -0.1) is 0 Å². The van der Waals surface area contributed by atoms with Crippen LogP contribution in [0.1, 0.15) is 16.6 Å². The van der Waals surface area contributed by atoms with Crippen molar-refractivity contribution in [3.63, 3.8) is 0 Å². The molecular formula is C15H10FNO2S. The molecule has 0 fully saturated rings. The predicted molar refractivity (Wildman–Crippen MR) is 76.2 cm³/mol.